The quantitative estimate of drug-likeness (QED) is 0.708. The average Bonchev–Trinajstić information content (AvgIpc) is 2.87. The van der Waals surface area contributed by atoms with Gasteiger partial charge in [-0.2, -0.15) is 0 Å². The Balaban J connectivity index is 1.30. The number of aliphatic imine (C=N–C) groups is 1. The number of hydrogen-bond donors (Lipinski definition) is 0. The molecule has 2 aromatic carbocycles. The number of anilines is 1. The zero-order chi connectivity index (χ0) is 22.8. The topological polar surface area (TPSA) is 53.0 Å². The molecule has 1 aliphatic carbocycles. The molecule has 0 bridgehead atoms. The molecular formula is C27H28FN3O2. The van der Waals surface area contributed by atoms with Crippen molar-refractivity contribution in [3.8, 4) is 0 Å². The molecule has 0 saturated carbocycles. The number of allylic oxidation sites excluding steroid dienone is 1. The lowest BCUT2D eigenvalue weighted by Crippen LogP contribution is -2.49. The smallest absolute Gasteiger partial charge is 0.256 e. The first-order chi connectivity index (χ1) is 16.1. The molecule has 0 spiro atoms. The number of dihydropyridines is 1. The summed E-state index contributed by atoms with van der Waals surface area (Å²) in [5.74, 6) is -0.619. The van der Waals surface area contributed by atoms with E-state index in [1.54, 1.807) is 17.0 Å². The zero-order valence-corrected chi connectivity index (χ0v) is 18.7. The molecule has 6 heteroatoms. The number of rotatable bonds is 4. The first-order valence-electron chi connectivity index (χ1n) is 11.8. The van der Waals surface area contributed by atoms with Gasteiger partial charge in [0.1, 0.15) is 12.4 Å². The Hall–Kier alpha value is -3.28. The van der Waals surface area contributed by atoms with E-state index in [0.717, 1.165) is 66.9 Å². The molecule has 0 radical (unpaired) electrons. The minimum Gasteiger partial charge on any atom is -0.368 e. The van der Waals surface area contributed by atoms with E-state index in [2.05, 4.69) is 22.0 Å². The molecular weight excluding hydrogens is 417 g/mol. The van der Waals surface area contributed by atoms with Gasteiger partial charge in [0, 0.05) is 49.6 Å². The number of Topliss-reactive ketones (excluding diaryl/α,β-unsaturated/α-hetero) is 1. The molecule has 2 heterocycles. The Morgan fingerprint density at radius 1 is 0.939 bits per heavy atom. The summed E-state index contributed by atoms with van der Waals surface area (Å²) >= 11 is 0. The lowest BCUT2D eigenvalue weighted by atomic mass is 9.83. The predicted molar refractivity (Wildman–Crippen MR) is 127 cm³/mol. The molecule has 2 aromatic rings. The number of ketones is 1. The van der Waals surface area contributed by atoms with Crippen molar-refractivity contribution < 1.29 is 14.0 Å². The van der Waals surface area contributed by atoms with Crippen molar-refractivity contribution in [2.75, 3.05) is 37.6 Å². The second kappa shape index (κ2) is 9.30. The minimum absolute atomic E-state index is 0.117. The van der Waals surface area contributed by atoms with Crippen molar-refractivity contribution in [1.29, 1.82) is 0 Å². The number of nitrogens with zero attached hydrogens (tertiary/aromatic N) is 3. The van der Waals surface area contributed by atoms with E-state index in [9.17, 15) is 14.0 Å². The maximum absolute atomic E-state index is 14.7. The van der Waals surface area contributed by atoms with Gasteiger partial charge in [-0.3, -0.25) is 14.6 Å². The number of carbonyl (C=O) groups excluding carboxylic acids is 2. The van der Waals surface area contributed by atoms with Crippen molar-refractivity contribution in [2.24, 2.45) is 4.99 Å². The van der Waals surface area contributed by atoms with Gasteiger partial charge in [0.25, 0.3) is 5.91 Å². The Bertz CT molecular complexity index is 1130. The highest BCUT2D eigenvalue weighted by Gasteiger charge is 2.27. The number of carbonyl (C=O) groups is 2. The summed E-state index contributed by atoms with van der Waals surface area (Å²) in [6.45, 7) is 2.76. The van der Waals surface area contributed by atoms with Gasteiger partial charge in [0.15, 0.2) is 5.78 Å². The van der Waals surface area contributed by atoms with Crippen LogP contribution in [-0.2, 0) is 11.2 Å². The van der Waals surface area contributed by atoms with Gasteiger partial charge < -0.3 is 9.80 Å². The zero-order valence-electron chi connectivity index (χ0n) is 18.7. The van der Waals surface area contributed by atoms with E-state index in [-0.39, 0.29) is 23.8 Å². The highest BCUT2D eigenvalue weighted by Crippen LogP contribution is 2.30. The van der Waals surface area contributed by atoms with E-state index in [0.29, 0.717) is 19.5 Å². The predicted octanol–water partition coefficient (Wildman–Crippen LogP) is 4.22. The van der Waals surface area contributed by atoms with Gasteiger partial charge >= 0.3 is 0 Å². The second-order valence-electron chi connectivity index (χ2n) is 8.96. The maximum atomic E-state index is 14.7. The normalized spacial score (nSPS) is 18.8. The van der Waals surface area contributed by atoms with Crippen LogP contribution in [0.2, 0.25) is 0 Å². The summed E-state index contributed by atoms with van der Waals surface area (Å²) in [6, 6.07) is 14.9. The van der Waals surface area contributed by atoms with Gasteiger partial charge in [-0.1, -0.05) is 24.3 Å². The van der Waals surface area contributed by atoms with Crippen molar-refractivity contribution in [2.45, 2.75) is 32.1 Å². The molecule has 1 fully saturated rings. The van der Waals surface area contributed by atoms with Crippen LogP contribution in [0.4, 0.5) is 10.1 Å². The SMILES string of the molecule is O=C1CN=C(Cc2ccc(F)c(C(=O)N3CCN(c4ccccc4)CC3)c2)C2=C1CCCC2. The molecule has 0 aromatic heterocycles. The number of halogens is 1. The standard InChI is InChI=1S/C27H28FN3O2/c28-24-11-10-19(17-25-21-8-4-5-9-22(21)26(32)18-29-25)16-23(24)27(33)31-14-12-30(13-15-31)20-6-2-1-3-7-20/h1-3,6-7,10-11,16H,4-5,8-9,12-15,17-18H2. The number of para-hydroxylation sites is 1. The Kier molecular flexibility index (Phi) is 6.07. The summed E-state index contributed by atoms with van der Waals surface area (Å²) < 4.78 is 14.7. The van der Waals surface area contributed by atoms with E-state index in [4.69, 9.17) is 0 Å². The van der Waals surface area contributed by atoms with Crippen molar-refractivity contribution >= 4 is 23.1 Å². The Morgan fingerprint density at radius 3 is 2.42 bits per heavy atom. The molecule has 1 amide bonds. The van der Waals surface area contributed by atoms with Crippen LogP contribution in [0.25, 0.3) is 0 Å². The third kappa shape index (κ3) is 4.47. The molecule has 33 heavy (non-hydrogen) atoms. The molecule has 0 atom stereocenters. The van der Waals surface area contributed by atoms with E-state index < -0.39 is 5.82 Å². The molecule has 5 nitrogen and oxygen atoms in total. The average molecular weight is 446 g/mol. The fourth-order valence-corrected chi connectivity index (χ4v) is 5.07. The largest absolute Gasteiger partial charge is 0.368 e. The van der Waals surface area contributed by atoms with Gasteiger partial charge in [-0.25, -0.2) is 4.39 Å². The second-order valence-corrected chi connectivity index (χ2v) is 8.96. The molecule has 1 saturated heterocycles. The lowest BCUT2D eigenvalue weighted by Gasteiger charge is -2.36. The summed E-state index contributed by atoms with van der Waals surface area (Å²) in [6.07, 6.45) is 4.33. The number of benzene rings is 2. The molecule has 0 unspecified atom stereocenters. The first kappa shape index (κ1) is 21.6. The third-order valence-electron chi connectivity index (χ3n) is 6.89. The van der Waals surface area contributed by atoms with E-state index >= 15 is 0 Å². The van der Waals surface area contributed by atoms with Crippen LogP contribution in [0.15, 0.2) is 64.7 Å². The van der Waals surface area contributed by atoms with Crippen LogP contribution < -0.4 is 4.90 Å². The van der Waals surface area contributed by atoms with Crippen molar-refractivity contribution in [3.63, 3.8) is 0 Å². The highest BCUT2D eigenvalue weighted by molar-refractivity contribution is 6.14. The molecule has 3 aliphatic rings. The molecule has 5 rings (SSSR count). The van der Waals surface area contributed by atoms with Crippen molar-refractivity contribution in [1.82, 2.24) is 4.90 Å². The fourth-order valence-electron chi connectivity index (χ4n) is 5.07. The third-order valence-corrected chi connectivity index (χ3v) is 6.89. The van der Waals surface area contributed by atoms with Crippen LogP contribution in [0.5, 0.6) is 0 Å². The summed E-state index contributed by atoms with van der Waals surface area (Å²) in [4.78, 5) is 33.9. The summed E-state index contributed by atoms with van der Waals surface area (Å²) in [5, 5.41) is 0. The van der Waals surface area contributed by atoms with Crippen LogP contribution in [0.1, 0.15) is 41.6 Å². The van der Waals surface area contributed by atoms with Crippen molar-refractivity contribution in [3.05, 3.63) is 76.6 Å². The summed E-state index contributed by atoms with van der Waals surface area (Å²) in [5.41, 5.74) is 5.04. The number of piperazine rings is 1. The monoisotopic (exact) mass is 445 g/mol. The maximum Gasteiger partial charge on any atom is 0.256 e. The highest BCUT2D eigenvalue weighted by atomic mass is 19.1. The molecule has 2 aliphatic heterocycles. The Morgan fingerprint density at radius 2 is 1.67 bits per heavy atom. The van der Waals surface area contributed by atoms with Gasteiger partial charge in [-0.15, -0.1) is 0 Å². The van der Waals surface area contributed by atoms with Crippen LogP contribution in [-0.4, -0.2) is 55.0 Å². The van der Waals surface area contributed by atoms with Gasteiger partial charge in [0.05, 0.1) is 5.56 Å². The minimum atomic E-state index is -0.493. The fraction of sp³-hybridized carbons (Fsp3) is 0.370. The number of amides is 1. The summed E-state index contributed by atoms with van der Waals surface area (Å²) in [7, 11) is 0. The number of hydrogen-bond acceptors (Lipinski definition) is 4. The Labute approximate surface area is 193 Å². The van der Waals surface area contributed by atoms with E-state index in [1.807, 2.05) is 18.2 Å². The first-order valence-corrected chi connectivity index (χ1v) is 11.8. The molecule has 0 N–H and O–H groups in total. The van der Waals surface area contributed by atoms with E-state index in [1.165, 1.54) is 6.07 Å². The van der Waals surface area contributed by atoms with Gasteiger partial charge in [0.2, 0.25) is 0 Å². The van der Waals surface area contributed by atoms with Crippen LogP contribution in [0.3, 0.4) is 0 Å². The van der Waals surface area contributed by atoms with Crippen LogP contribution >= 0.6 is 0 Å². The lowest BCUT2D eigenvalue weighted by molar-refractivity contribution is -0.114. The molecule has 170 valence electrons. The van der Waals surface area contributed by atoms with Crippen LogP contribution in [0, 0.1) is 5.82 Å². The van der Waals surface area contributed by atoms with Gasteiger partial charge in [-0.05, 0) is 61.1 Å².